The molecule has 0 aliphatic heterocycles. The predicted octanol–water partition coefficient (Wildman–Crippen LogP) is 0.576. The summed E-state index contributed by atoms with van der Waals surface area (Å²) in [5.74, 6) is -3.58. The molecule has 0 aromatic heterocycles. The van der Waals surface area contributed by atoms with Gasteiger partial charge < -0.3 is 14.6 Å². The molecule has 0 saturated heterocycles. The van der Waals surface area contributed by atoms with Gasteiger partial charge in [-0.2, -0.15) is 0 Å². The van der Waals surface area contributed by atoms with Crippen LogP contribution in [0.3, 0.4) is 0 Å². The molecule has 0 saturated carbocycles. The van der Waals surface area contributed by atoms with Crippen molar-refractivity contribution >= 4 is 23.9 Å². The Hall–Kier alpha value is -2.70. The molecule has 1 N–H and O–H groups in total. The molecule has 0 fully saturated rings. The highest BCUT2D eigenvalue weighted by atomic mass is 16.6. The van der Waals surface area contributed by atoms with Crippen LogP contribution < -0.4 is 0 Å². The number of carboxylic acids is 1. The Morgan fingerprint density at radius 1 is 1.06 bits per heavy atom. The van der Waals surface area contributed by atoms with Crippen LogP contribution >= 0.6 is 0 Å². The van der Waals surface area contributed by atoms with Crippen molar-refractivity contribution in [2.75, 3.05) is 0 Å². The van der Waals surface area contributed by atoms with Gasteiger partial charge in [-0.3, -0.25) is 4.79 Å². The zero-order valence-electron chi connectivity index (χ0n) is 9.62. The number of aliphatic carboxylic acids is 1. The first kappa shape index (κ1) is 17.7. The second-order valence-electron chi connectivity index (χ2n) is 2.39. The number of rotatable bonds is 4. The van der Waals surface area contributed by atoms with Crippen LogP contribution in [-0.2, 0) is 28.7 Å². The lowest BCUT2D eigenvalue weighted by atomic mass is 10.5. The van der Waals surface area contributed by atoms with E-state index in [1.807, 2.05) is 0 Å². The lowest BCUT2D eigenvalue weighted by Crippen LogP contribution is -2.07. The average molecular weight is 256 g/mol. The summed E-state index contributed by atoms with van der Waals surface area (Å²) in [4.78, 5) is 40.4. The normalized spacial score (nSPS) is 8.50. The molecule has 0 atom stereocenters. The molecule has 0 radical (unpaired) electrons. The van der Waals surface area contributed by atoms with Crippen LogP contribution in [0.1, 0.15) is 6.92 Å². The molecular weight excluding hydrogens is 244 g/mol. The van der Waals surface area contributed by atoms with Crippen molar-refractivity contribution in [1.82, 2.24) is 0 Å². The molecule has 0 bridgehead atoms. The summed E-state index contributed by atoms with van der Waals surface area (Å²) in [6.07, 6.45) is 3.09. The van der Waals surface area contributed by atoms with Gasteiger partial charge in [0.2, 0.25) is 0 Å². The number of carbonyl (C=O) groups excluding carboxylic acids is 3. The van der Waals surface area contributed by atoms with Crippen LogP contribution in [0, 0.1) is 0 Å². The minimum absolute atomic E-state index is 0.329. The van der Waals surface area contributed by atoms with Gasteiger partial charge in [0.05, 0.1) is 6.26 Å². The highest BCUT2D eigenvalue weighted by Gasteiger charge is 2.02. The van der Waals surface area contributed by atoms with Gasteiger partial charge in [0.1, 0.15) is 0 Å². The summed E-state index contributed by atoms with van der Waals surface area (Å²) >= 11 is 0. The Kier molecular flexibility index (Phi) is 10.6. The SMILES string of the molecule is C=CC(=O)OC(=O)/C=C\C(=O)O.C=COC(C)=O. The van der Waals surface area contributed by atoms with Gasteiger partial charge in [0, 0.05) is 25.2 Å². The smallest absolute Gasteiger partial charge is 0.338 e. The maximum Gasteiger partial charge on any atom is 0.338 e. The first-order valence-corrected chi connectivity index (χ1v) is 4.40. The summed E-state index contributed by atoms with van der Waals surface area (Å²) in [6.45, 7) is 7.52. The monoisotopic (exact) mass is 256 g/mol. The first-order valence-electron chi connectivity index (χ1n) is 4.40. The summed E-state index contributed by atoms with van der Waals surface area (Å²) in [5.41, 5.74) is 0. The van der Waals surface area contributed by atoms with Crippen molar-refractivity contribution in [3.63, 3.8) is 0 Å². The van der Waals surface area contributed by atoms with Crippen molar-refractivity contribution in [2.24, 2.45) is 0 Å². The maximum absolute atomic E-state index is 10.5. The molecule has 0 aromatic rings. The molecule has 0 unspecified atom stereocenters. The lowest BCUT2D eigenvalue weighted by molar-refractivity contribution is -0.152. The first-order chi connectivity index (χ1) is 8.33. The fourth-order valence-electron chi connectivity index (χ4n) is 0.432. The van der Waals surface area contributed by atoms with E-state index in [2.05, 4.69) is 22.6 Å². The largest absolute Gasteiger partial charge is 0.478 e. The van der Waals surface area contributed by atoms with E-state index >= 15 is 0 Å². The minimum Gasteiger partial charge on any atom is -0.478 e. The summed E-state index contributed by atoms with van der Waals surface area (Å²) in [6, 6.07) is 0. The number of hydrogen-bond donors (Lipinski definition) is 1. The molecule has 18 heavy (non-hydrogen) atoms. The van der Waals surface area contributed by atoms with E-state index in [0.29, 0.717) is 12.2 Å². The molecular formula is C11H12O7. The van der Waals surface area contributed by atoms with E-state index in [0.717, 1.165) is 12.3 Å². The maximum atomic E-state index is 10.5. The number of carboxylic acid groups (broad SMARTS) is 1. The van der Waals surface area contributed by atoms with Crippen LogP contribution in [0.25, 0.3) is 0 Å². The van der Waals surface area contributed by atoms with E-state index < -0.39 is 17.9 Å². The zero-order valence-corrected chi connectivity index (χ0v) is 9.62. The van der Waals surface area contributed by atoms with E-state index in [9.17, 15) is 19.2 Å². The quantitative estimate of drug-likeness (QED) is 0.339. The predicted molar refractivity (Wildman–Crippen MR) is 60.0 cm³/mol. The van der Waals surface area contributed by atoms with Gasteiger partial charge in [0.25, 0.3) is 0 Å². The van der Waals surface area contributed by atoms with Crippen molar-refractivity contribution < 1.29 is 33.8 Å². The molecule has 0 aliphatic rings. The Balaban J connectivity index is 0. The Morgan fingerprint density at radius 2 is 1.61 bits per heavy atom. The van der Waals surface area contributed by atoms with Crippen LogP contribution in [-0.4, -0.2) is 29.0 Å². The van der Waals surface area contributed by atoms with E-state index in [1.54, 1.807) is 0 Å². The van der Waals surface area contributed by atoms with Crippen LogP contribution in [0.4, 0.5) is 0 Å². The fourth-order valence-corrected chi connectivity index (χ4v) is 0.432. The lowest BCUT2D eigenvalue weighted by Gasteiger charge is -1.91. The highest BCUT2D eigenvalue weighted by molar-refractivity contribution is 5.98. The minimum atomic E-state index is -1.29. The third kappa shape index (κ3) is 15.8. The Morgan fingerprint density at radius 3 is 1.89 bits per heavy atom. The standard InChI is InChI=1S/C7H6O5.C4H6O2/c1-2-6(10)12-7(11)4-3-5(8)9;1-3-6-4(2)5/h2-4H,1H2,(H,8,9);3H,1H2,2H3/b4-3-;. The van der Waals surface area contributed by atoms with Gasteiger partial charge in [0.15, 0.2) is 0 Å². The number of carbonyl (C=O) groups is 4. The van der Waals surface area contributed by atoms with Gasteiger partial charge in [-0.05, 0) is 0 Å². The van der Waals surface area contributed by atoms with Crippen molar-refractivity contribution in [2.45, 2.75) is 6.92 Å². The molecule has 7 nitrogen and oxygen atoms in total. The van der Waals surface area contributed by atoms with Gasteiger partial charge in [-0.1, -0.05) is 13.2 Å². The zero-order chi connectivity index (χ0) is 14.6. The molecule has 0 aromatic carbocycles. The van der Waals surface area contributed by atoms with Crippen molar-refractivity contribution in [3.8, 4) is 0 Å². The van der Waals surface area contributed by atoms with Gasteiger partial charge >= 0.3 is 23.9 Å². The Bertz CT molecular complexity index is 379. The van der Waals surface area contributed by atoms with E-state index in [4.69, 9.17) is 5.11 Å². The van der Waals surface area contributed by atoms with Crippen molar-refractivity contribution in [1.29, 1.82) is 0 Å². The molecule has 7 heteroatoms. The van der Waals surface area contributed by atoms with Crippen LogP contribution in [0.2, 0.25) is 0 Å². The van der Waals surface area contributed by atoms with E-state index in [1.165, 1.54) is 6.92 Å². The van der Waals surface area contributed by atoms with Gasteiger partial charge in [-0.25, -0.2) is 14.4 Å². The summed E-state index contributed by atoms with van der Waals surface area (Å²) in [5, 5.41) is 8.05. The molecule has 98 valence electrons. The molecule has 0 spiro atoms. The number of esters is 3. The van der Waals surface area contributed by atoms with E-state index in [-0.39, 0.29) is 5.97 Å². The third-order valence-electron chi connectivity index (χ3n) is 0.979. The van der Waals surface area contributed by atoms with Crippen LogP contribution in [0.15, 0.2) is 37.6 Å². The molecule has 0 amide bonds. The highest BCUT2D eigenvalue weighted by Crippen LogP contribution is 1.84. The number of hydrogen-bond acceptors (Lipinski definition) is 6. The second-order valence-corrected chi connectivity index (χ2v) is 2.39. The summed E-state index contributed by atoms with van der Waals surface area (Å²) in [7, 11) is 0. The molecule has 0 rings (SSSR count). The average Bonchev–Trinajstić information content (AvgIpc) is 2.26. The van der Waals surface area contributed by atoms with Gasteiger partial charge in [-0.15, -0.1) is 0 Å². The molecule has 0 aliphatic carbocycles. The second kappa shape index (κ2) is 10.8. The van der Waals surface area contributed by atoms with Crippen molar-refractivity contribution in [3.05, 3.63) is 37.6 Å². The Labute approximate surface area is 103 Å². The fraction of sp³-hybridized carbons (Fsp3) is 0.0909. The van der Waals surface area contributed by atoms with Crippen LogP contribution in [0.5, 0.6) is 0 Å². The topological polar surface area (TPSA) is 107 Å². The molecule has 0 heterocycles. The summed E-state index contributed by atoms with van der Waals surface area (Å²) < 4.78 is 8.17. The number of ether oxygens (including phenoxy) is 2. The third-order valence-corrected chi connectivity index (χ3v) is 0.979.